The minimum absolute atomic E-state index is 0.0372. The van der Waals surface area contributed by atoms with E-state index in [1.54, 1.807) is 41.2 Å². The lowest BCUT2D eigenvalue weighted by Gasteiger charge is -2.15. The molecule has 3 aromatic heterocycles. The van der Waals surface area contributed by atoms with E-state index in [1.807, 2.05) is 35.7 Å². The zero-order chi connectivity index (χ0) is 26.0. The van der Waals surface area contributed by atoms with Crippen LogP contribution in [0.4, 0.5) is 13.2 Å². The van der Waals surface area contributed by atoms with Gasteiger partial charge in [-0.15, -0.1) is 0 Å². The number of imidazole rings is 2. The smallest absolute Gasteiger partial charge is 0.333 e. The van der Waals surface area contributed by atoms with Gasteiger partial charge in [0.2, 0.25) is 0 Å². The Morgan fingerprint density at radius 2 is 1.89 bits per heavy atom. The molecule has 0 atom stereocenters. The molecular weight excluding hydrogens is 477 g/mol. The normalized spacial score (nSPS) is 11.4. The Hall–Kier alpha value is -4.64. The molecule has 5 rings (SSSR count). The second-order valence-electron chi connectivity index (χ2n) is 8.68. The molecule has 0 aliphatic heterocycles. The summed E-state index contributed by atoms with van der Waals surface area (Å²) in [4.78, 5) is 21.2. The molecular formula is C29H21F3N4O. The summed E-state index contributed by atoms with van der Waals surface area (Å²) in [7, 11) is 0. The van der Waals surface area contributed by atoms with E-state index in [0.29, 0.717) is 22.4 Å². The van der Waals surface area contributed by atoms with Crippen LogP contribution in [0.3, 0.4) is 0 Å². The van der Waals surface area contributed by atoms with Crippen molar-refractivity contribution < 1.29 is 18.0 Å². The molecule has 184 valence electrons. The molecule has 0 saturated carbocycles. The summed E-state index contributed by atoms with van der Waals surface area (Å²) in [6.45, 7) is 1.93. The molecule has 0 aliphatic carbocycles. The number of nitrogens with zero attached hydrogens (tertiary/aromatic N) is 4. The highest BCUT2D eigenvalue weighted by Gasteiger charge is 2.33. The van der Waals surface area contributed by atoms with Crippen LogP contribution < -0.4 is 0 Å². The van der Waals surface area contributed by atoms with Crippen LogP contribution in [0, 0.1) is 18.8 Å². The third-order valence-corrected chi connectivity index (χ3v) is 6.06. The number of Topliss-reactive ketones (excluding diaryl/α,β-unsaturated/α-hetero) is 1. The van der Waals surface area contributed by atoms with Gasteiger partial charge in [0.15, 0.2) is 5.78 Å². The Balaban J connectivity index is 1.39. The number of aryl methyl sites for hydroxylation is 1. The number of carbonyl (C=O) groups is 1. The summed E-state index contributed by atoms with van der Waals surface area (Å²) in [5.41, 5.74) is 3.10. The van der Waals surface area contributed by atoms with Crippen LogP contribution in [-0.2, 0) is 19.1 Å². The molecule has 0 fully saturated rings. The van der Waals surface area contributed by atoms with Crippen LogP contribution in [0.2, 0.25) is 0 Å². The van der Waals surface area contributed by atoms with E-state index in [9.17, 15) is 18.0 Å². The number of rotatable bonds is 5. The van der Waals surface area contributed by atoms with Gasteiger partial charge in [-0.1, -0.05) is 36.3 Å². The number of carbonyl (C=O) groups excluding carboxylic acids is 1. The second kappa shape index (κ2) is 9.78. The van der Waals surface area contributed by atoms with Crippen molar-refractivity contribution in [3.05, 3.63) is 125 Å². The Bertz CT molecular complexity index is 1650. The average Bonchev–Trinajstić information content (AvgIpc) is 3.54. The molecule has 5 nitrogen and oxygen atoms in total. The van der Waals surface area contributed by atoms with E-state index in [4.69, 9.17) is 0 Å². The number of aromatic nitrogens is 4. The van der Waals surface area contributed by atoms with Crippen molar-refractivity contribution in [1.29, 1.82) is 0 Å². The fraction of sp³-hybridized carbons (Fsp3) is 0.138. The van der Waals surface area contributed by atoms with Gasteiger partial charge in [0.05, 0.1) is 18.1 Å². The highest BCUT2D eigenvalue weighted by molar-refractivity contribution is 5.98. The Morgan fingerprint density at radius 1 is 1.03 bits per heavy atom. The van der Waals surface area contributed by atoms with Crippen molar-refractivity contribution in [3.63, 3.8) is 0 Å². The highest BCUT2D eigenvalue weighted by atomic mass is 19.4. The van der Waals surface area contributed by atoms with Gasteiger partial charge in [-0.05, 0) is 53.8 Å². The number of fused-ring (bicyclic) bond motifs is 1. The molecule has 2 aromatic carbocycles. The van der Waals surface area contributed by atoms with Crippen molar-refractivity contribution in [2.24, 2.45) is 0 Å². The van der Waals surface area contributed by atoms with E-state index in [-0.39, 0.29) is 24.3 Å². The SMILES string of the molecule is Cc1ccc(C(=O)Cc2ccc(Cn3ccnc3)c(C(F)(F)F)c2)cc1C#Cc1cnc2ccccn12. The zero-order valence-electron chi connectivity index (χ0n) is 19.8. The van der Waals surface area contributed by atoms with Crippen molar-refractivity contribution in [2.45, 2.75) is 26.1 Å². The zero-order valence-corrected chi connectivity index (χ0v) is 19.8. The standard InChI is InChI=1S/C29H21F3N4O/c1-20-5-7-23(16-22(20)9-10-25-17-34-28-4-2-3-12-36(25)28)27(37)15-21-6-8-24(18-35-13-11-33-19-35)26(14-21)29(30,31)32/h2-8,11-14,16-17,19H,15,18H2,1H3. The molecule has 0 bridgehead atoms. The first-order valence-electron chi connectivity index (χ1n) is 11.5. The number of hydrogen-bond acceptors (Lipinski definition) is 3. The highest BCUT2D eigenvalue weighted by Crippen LogP contribution is 2.33. The third-order valence-electron chi connectivity index (χ3n) is 6.06. The summed E-state index contributed by atoms with van der Waals surface area (Å²) < 4.78 is 44.8. The average molecular weight is 499 g/mol. The van der Waals surface area contributed by atoms with Gasteiger partial charge in [0.1, 0.15) is 11.3 Å². The predicted molar refractivity (Wildman–Crippen MR) is 133 cm³/mol. The number of benzene rings is 2. The summed E-state index contributed by atoms with van der Waals surface area (Å²) in [5.74, 6) is 5.92. The fourth-order valence-electron chi connectivity index (χ4n) is 4.09. The molecule has 37 heavy (non-hydrogen) atoms. The quantitative estimate of drug-likeness (QED) is 0.230. The molecule has 0 radical (unpaired) electrons. The molecule has 0 amide bonds. The molecule has 3 heterocycles. The van der Waals surface area contributed by atoms with Crippen LogP contribution in [0.15, 0.2) is 85.7 Å². The maximum absolute atomic E-state index is 13.8. The molecule has 5 aromatic rings. The summed E-state index contributed by atoms with van der Waals surface area (Å²) >= 11 is 0. The van der Waals surface area contributed by atoms with E-state index >= 15 is 0 Å². The Morgan fingerprint density at radius 3 is 2.68 bits per heavy atom. The first-order valence-corrected chi connectivity index (χ1v) is 11.5. The van der Waals surface area contributed by atoms with Gasteiger partial charge in [0, 0.05) is 42.7 Å². The monoisotopic (exact) mass is 498 g/mol. The van der Waals surface area contributed by atoms with Crippen molar-refractivity contribution in [2.75, 3.05) is 0 Å². The van der Waals surface area contributed by atoms with Gasteiger partial charge < -0.3 is 4.57 Å². The number of pyridine rings is 1. The van der Waals surface area contributed by atoms with E-state index in [0.717, 1.165) is 17.3 Å². The maximum Gasteiger partial charge on any atom is 0.416 e. The lowest BCUT2D eigenvalue weighted by atomic mass is 9.96. The van der Waals surface area contributed by atoms with Crippen LogP contribution in [0.5, 0.6) is 0 Å². The Kier molecular flexibility index (Phi) is 6.36. The van der Waals surface area contributed by atoms with Crippen LogP contribution in [-0.4, -0.2) is 24.7 Å². The van der Waals surface area contributed by atoms with E-state index in [2.05, 4.69) is 21.8 Å². The van der Waals surface area contributed by atoms with Gasteiger partial charge in [-0.3, -0.25) is 9.20 Å². The maximum atomic E-state index is 13.8. The summed E-state index contributed by atoms with van der Waals surface area (Å²) in [6.07, 6.45) is 3.43. The van der Waals surface area contributed by atoms with Crippen molar-refractivity contribution in [3.8, 4) is 11.8 Å². The second-order valence-corrected chi connectivity index (χ2v) is 8.68. The Labute approximate surface area is 211 Å². The topological polar surface area (TPSA) is 52.2 Å². The van der Waals surface area contributed by atoms with Crippen molar-refractivity contribution in [1.82, 2.24) is 18.9 Å². The summed E-state index contributed by atoms with van der Waals surface area (Å²) in [5, 5.41) is 0. The molecule has 0 spiro atoms. The molecule has 0 aliphatic rings. The van der Waals surface area contributed by atoms with Gasteiger partial charge in [0.25, 0.3) is 0 Å². The molecule has 0 N–H and O–H groups in total. The third kappa shape index (κ3) is 5.31. The number of ketones is 1. The molecule has 0 saturated heterocycles. The lowest BCUT2D eigenvalue weighted by molar-refractivity contribution is -0.138. The van der Waals surface area contributed by atoms with Crippen LogP contribution >= 0.6 is 0 Å². The van der Waals surface area contributed by atoms with Gasteiger partial charge in [-0.2, -0.15) is 13.2 Å². The lowest BCUT2D eigenvalue weighted by Crippen LogP contribution is -2.13. The van der Waals surface area contributed by atoms with Crippen molar-refractivity contribution >= 4 is 11.4 Å². The van der Waals surface area contributed by atoms with Crippen LogP contribution in [0.25, 0.3) is 5.65 Å². The first-order chi connectivity index (χ1) is 17.8. The predicted octanol–water partition coefficient (Wildman–Crippen LogP) is 5.73. The van der Waals surface area contributed by atoms with E-state index in [1.165, 1.54) is 18.6 Å². The summed E-state index contributed by atoms with van der Waals surface area (Å²) in [6, 6.07) is 14.9. The number of alkyl halides is 3. The van der Waals surface area contributed by atoms with Gasteiger partial charge in [-0.25, -0.2) is 9.97 Å². The minimum atomic E-state index is -4.54. The number of halogens is 3. The van der Waals surface area contributed by atoms with E-state index < -0.39 is 11.7 Å². The fourth-order valence-corrected chi connectivity index (χ4v) is 4.09. The molecule has 0 unspecified atom stereocenters. The van der Waals surface area contributed by atoms with Crippen LogP contribution in [0.1, 0.15) is 43.9 Å². The van der Waals surface area contributed by atoms with Gasteiger partial charge >= 0.3 is 6.18 Å². The minimum Gasteiger partial charge on any atom is -0.333 e. The number of hydrogen-bond donors (Lipinski definition) is 0. The molecule has 8 heteroatoms. The first kappa shape index (κ1) is 24.1. The largest absolute Gasteiger partial charge is 0.416 e.